The predicted molar refractivity (Wildman–Crippen MR) is 45.0 cm³/mol. The highest BCUT2D eigenvalue weighted by Crippen LogP contribution is 2.21. The molecule has 0 aliphatic carbocycles. The molecule has 0 aromatic carbocycles. The molecular weight excluding hydrogens is 192 g/mol. The van der Waals surface area contributed by atoms with Gasteiger partial charge in [-0.05, 0) is 22.0 Å². The van der Waals surface area contributed by atoms with E-state index in [4.69, 9.17) is 0 Å². The Kier molecular flexibility index (Phi) is 1.86. The van der Waals surface area contributed by atoms with Gasteiger partial charge < -0.3 is 0 Å². The first-order valence-electron chi connectivity index (χ1n) is 3.21. The van der Waals surface area contributed by atoms with Gasteiger partial charge in [-0.3, -0.25) is 5.10 Å². The molecule has 3 heteroatoms. The number of nitrogens with one attached hydrogen (secondary N) is 1. The van der Waals surface area contributed by atoms with Crippen LogP contribution in [0.15, 0.2) is 10.7 Å². The summed E-state index contributed by atoms with van der Waals surface area (Å²) in [7, 11) is 0. The number of aromatic amines is 1. The molecule has 0 fully saturated rings. The monoisotopic (exact) mass is 202 g/mol. The number of halogens is 1. The van der Waals surface area contributed by atoms with Crippen LogP contribution in [0.3, 0.4) is 0 Å². The molecule has 10 heavy (non-hydrogen) atoms. The van der Waals surface area contributed by atoms with E-state index in [1.165, 1.54) is 0 Å². The Hall–Kier alpha value is -0.310. The number of rotatable bonds is 0. The predicted octanol–water partition coefficient (Wildman–Crippen LogP) is 2.47. The summed E-state index contributed by atoms with van der Waals surface area (Å²) in [6.07, 6.45) is 0. The molecule has 0 atom stereocenters. The van der Waals surface area contributed by atoms with Crippen LogP contribution in [0.4, 0.5) is 0 Å². The molecule has 0 spiro atoms. The third kappa shape index (κ3) is 1.59. The van der Waals surface area contributed by atoms with Gasteiger partial charge in [-0.1, -0.05) is 20.8 Å². The van der Waals surface area contributed by atoms with Crippen molar-refractivity contribution in [2.24, 2.45) is 0 Å². The molecular formula is C7H11BrN2. The Morgan fingerprint density at radius 2 is 2.10 bits per heavy atom. The summed E-state index contributed by atoms with van der Waals surface area (Å²) in [4.78, 5) is 0. The molecule has 0 radical (unpaired) electrons. The van der Waals surface area contributed by atoms with Gasteiger partial charge in [0, 0.05) is 11.1 Å². The van der Waals surface area contributed by atoms with E-state index in [2.05, 4.69) is 46.9 Å². The van der Waals surface area contributed by atoms with Gasteiger partial charge in [0.1, 0.15) is 4.60 Å². The lowest BCUT2D eigenvalue weighted by Crippen LogP contribution is -2.11. The second kappa shape index (κ2) is 2.38. The van der Waals surface area contributed by atoms with Crippen molar-refractivity contribution in [3.63, 3.8) is 0 Å². The highest BCUT2D eigenvalue weighted by Gasteiger charge is 2.15. The number of hydrogen-bond acceptors (Lipinski definition) is 1. The van der Waals surface area contributed by atoms with Crippen LogP contribution in [-0.2, 0) is 5.41 Å². The van der Waals surface area contributed by atoms with Crippen molar-refractivity contribution in [1.29, 1.82) is 0 Å². The van der Waals surface area contributed by atoms with Crippen LogP contribution < -0.4 is 0 Å². The normalized spacial score (nSPS) is 12.0. The van der Waals surface area contributed by atoms with Gasteiger partial charge in [-0.2, -0.15) is 5.10 Å². The second-order valence-electron chi connectivity index (χ2n) is 3.35. The smallest absolute Gasteiger partial charge is 0.128 e. The highest BCUT2D eigenvalue weighted by atomic mass is 79.9. The standard InChI is InChI=1S/C7H11BrN2/c1-7(2,3)5-4-6(8)10-9-5/h4H,1-3H3,(H,9,10). The van der Waals surface area contributed by atoms with E-state index >= 15 is 0 Å². The highest BCUT2D eigenvalue weighted by molar-refractivity contribution is 9.10. The lowest BCUT2D eigenvalue weighted by Gasteiger charge is -2.14. The van der Waals surface area contributed by atoms with Crippen LogP contribution >= 0.6 is 15.9 Å². The van der Waals surface area contributed by atoms with E-state index in [1.807, 2.05) is 6.07 Å². The average molecular weight is 203 g/mol. The van der Waals surface area contributed by atoms with E-state index < -0.39 is 0 Å². The van der Waals surface area contributed by atoms with Crippen LogP contribution in [-0.4, -0.2) is 10.2 Å². The zero-order valence-corrected chi connectivity index (χ0v) is 7.99. The number of nitrogens with zero attached hydrogens (tertiary/aromatic N) is 1. The minimum atomic E-state index is 0.166. The minimum absolute atomic E-state index is 0.166. The molecule has 1 aromatic heterocycles. The molecule has 0 amide bonds. The Morgan fingerprint density at radius 1 is 1.50 bits per heavy atom. The summed E-state index contributed by atoms with van der Waals surface area (Å²) in [5.41, 5.74) is 1.32. The maximum absolute atomic E-state index is 3.97. The van der Waals surface area contributed by atoms with Crippen LogP contribution in [0.25, 0.3) is 0 Å². The molecule has 1 aromatic rings. The topological polar surface area (TPSA) is 28.7 Å². The molecule has 0 bridgehead atoms. The molecule has 0 saturated carbocycles. The van der Waals surface area contributed by atoms with Gasteiger partial charge in [0.15, 0.2) is 0 Å². The lowest BCUT2D eigenvalue weighted by atomic mass is 9.93. The second-order valence-corrected chi connectivity index (χ2v) is 4.17. The fourth-order valence-corrected chi connectivity index (χ4v) is 0.999. The number of hydrogen-bond donors (Lipinski definition) is 1. The largest absolute Gasteiger partial charge is 0.281 e. The molecule has 56 valence electrons. The van der Waals surface area contributed by atoms with Gasteiger partial charge >= 0.3 is 0 Å². The van der Waals surface area contributed by atoms with Gasteiger partial charge in [-0.25, -0.2) is 0 Å². The Morgan fingerprint density at radius 3 is 2.30 bits per heavy atom. The SMILES string of the molecule is CC(C)(C)c1cc(Br)n[nH]1. The van der Waals surface area contributed by atoms with Gasteiger partial charge in [0.2, 0.25) is 0 Å². The van der Waals surface area contributed by atoms with E-state index in [0.717, 1.165) is 10.3 Å². The first-order valence-corrected chi connectivity index (χ1v) is 4.01. The number of aromatic nitrogens is 2. The fraction of sp³-hybridized carbons (Fsp3) is 0.571. The van der Waals surface area contributed by atoms with E-state index in [1.54, 1.807) is 0 Å². The lowest BCUT2D eigenvalue weighted by molar-refractivity contribution is 0.567. The van der Waals surface area contributed by atoms with Crippen LogP contribution in [0.5, 0.6) is 0 Å². The summed E-state index contributed by atoms with van der Waals surface area (Å²) in [6, 6.07) is 2.00. The quantitative estimate of drug-likeness (QED) is 0.689. The molecule has 1 heterocycles. The maximum Gasteiger partial charge on any atom is 0.128 e. The van der Waals surface area contributed by atoms with Crippen LogP contribution in [0.2, 0.25) is 0 Å². The van der Waals surface area contributed by atoms with Crippen molar-refractivity contribution in [3.8, 4) is 0 Å². The average Bonchev–Trinajstić information content (AvgIpc) is 2.11. The molecule has 0 unspecified atom stereocenters. The van der Waals surface area contributed by atoms with Crippen LogP contribution in [0.1, 0.15) is 26.5 Å². The fourth-order valence-electron chi connectivity index (χ4n) is 0.681. The van der Waals surface area contributed by atoms with Crippen molar-refractivity contribution in [2.45, 2.75) is 26.2 Å². The van der Waals surface area contributed by atoms with E-state index in [-0.39, 0.29) is 5.41 Å². The summed E-state index contributed by atoms with van der Waals surface area (Å²) in [5, 5.41) is 6.92. The molecule has 1 rings (SSSR count). The Bertz CT molecular complexity index is 222. The first kappa shape index (κ1) is 7.79. The van der Waals surface area contributed by atoms with Crippen molar-refractivity contribution in [1.82, 2.24) is 10.2 Å². The summed E-state index contributed by atoms with van der Waals surface area (Å²) in [6.45, 7) is 6.44. The van der Waals surface area contributed by atoms with Crippen molar-refractivity contribution in [3.05, 3.63) is 16.4 Å². The molecule has 0 aliphatic rings. The Labute approximate surface area is 69.2 Å². The zero-order valence-electron chi connectivity index (χ0n) is 6.40. The summed E-state index contributed by atoms with van der Waals surface area (Å²) < 4.78 is 0.873. The third-order valence-electron chi connectivity index (χ3n) is 1.35. The molecule has 2 nitrogen and oxygen atoms in total. The van der Waals surface area contributed by atoms with Crippen molar-refractivity contribution in [2.75, 3.05) is 0 Å². The van der Waals surface area contributed by atoms with E-state index in [9.17, 15) is 0 Å². The molecule has 1 N–H and O–H groups in total. The minimum Gasteiger partial charge on any atom is -0.281 e. The molecule has 0 saturated heterocycles. The van der Waals surface area contributed by atoms with Gasteiger partial charge in [0.25, 0.3) is 0 Å². The first-order chi connectivity index (χ1) is 4.50. The van der Waals surface area contributed by atoms with Crippen LogP contribution in [0, 0.1) is 0 Å². The van der Waals surface area contributed by atoms with Crippen molar-refractivity contribution >= 4 is 15.9 Å². The Balaban J connectivity index is 2.96. The molecule has 0 aliphatic heterocycles. The summed E-state index contributed by atoms with van der Waals surface area (Å²) in [5.74, 6) is 0. The van der Waals surface area contributed by atoms with Crippen molar-refractivity contribution < 1.29 is 0 Å². The van der Waals surface area contributed by atoms with E-state index in [0.29, 0.717) is 0 Å². The number of H-pyrrole nitrogens is 1. The van der Waals surface area contributed by atoms with Gasteiger partial charge in [0.05, 0.1) is 0 Å². The maximum atomic E-state index is 3.97. The summed E-state index contributed by atoms with van der Waals surface area (Å²) >= 11 is 3.28. The third-order valence-corrected chi connectivity index (χ3v) is 1.76. The van der Waals surface area contributed by atoms with Gasteiger partial charge in [-0.15, -0.1) is 0 Å². The zero-order chi connectivity index (χ0) is 7.78.